The Labute approximate surface area is 203 Å². The molecular formula is C26H26Cl2N2O3. The number of carbonyl (C=O) groups excluding carboxylic acids is 1. The van der Waals surface area contributed by atoms with Crippen LogP contribution in [0.5, 0.6) is 0 Å². The third kappa shape index (κ3) is 4.03. The van der Waals surface area contributed by atoms with E-state index in [1.807, 2.05) is 23.9 Å². The molecule has 1 amide bonds. The number of allylic oxidation sites excluding steroid dienone is 1. The standard InChI is InChI=1S/C26H26Cl2N2O3/c1-30-22-10-9-21(27)24(28)19(22)13-23(30)25(31)29-26(11-12-33-15-26)18-7-5-17(6-8-18)20(14-32-2)16-3-4-16/h5-10,13-14,16H,3-4,11-12,15H2,1-2H3,(H,29,31)/b20-14-. The number of hydrogen-bond acceptors (Lipinski definition) is 3. The van der Waals surface area contributed by atoms with E-state index in [-0.39, 0.29) is 5.91 Å². The molecule has 0 bridgehead atoms. The molecule has 1 aliphatic carbocycles. The second-order valence-corrected chi connectivity index (χ2v) is 9.67. The number of carbonyl (C=O) groups is 1. The molecule has 2 aliphatic rings. The highest BCUT2D eigenvalue weighted by Gasteiger charge is 2.39. The Hall–Kier alpha value is -2.47. The molecule has 33 heavy (non-hydrogen) atoms. The van der Waals surface area contributed by atoms with Crippen LogP contribution in [0.4, 0.5) is 0 Å². The van der Waals surface area contributed by atoms with E-state index < -0.39 is 5.54 Å². The van der Waals surface area contributed by atoms with Crippen molar-refractivity contribution in [1.29, 1.82) is 0 Å². The molecule has 172 valence electrons. The second kappa shape index (κ2) is 8.71. The molecule has 1 aliphatic heterocycles. The largest absolute Gasteiger partial charge is 0.504 e. The van der Waals surface area contributed by atoms with Gasteiger partial charge in [0.25, 0.3) is 5.91 Å². The zero-order valence-electron chi connectivity index (χ0n) is 18.7. The topological polar surface area (TPSA) is 52.5 Å². The Bertz CT molecular complexity index is 1240. The predicted molar refractivity (Wildman–Crippen MR) is 132 cm³/mol. The average Bonchev–Trinajstić information content (AvgIpc) is 3.45. The Morgan fingerprint density at radius 1 is 1.21 bits per heavy atom. The summed E-state index contributed by atoms with van der Waals surface area (Å²) in [5.41, 5.74) is 4.21. The van der Waals surface area contributed by atoms with E-state index in [2.05, 4.69) is 29.6 Å². The smallest absolute Gasteiger partial charge is 0.268 e. The van der Waals surface area contributed by atoms with E-state index in [0.29, 0.717) is 41.3 Å². The molecule has 0 radical (unpaired) electrons. The fraction of sp³-hybridized carbons (Fsp3) is 0.346. The fourth-order valence-electron chi connectivity index (χ4n) is 4.71. The number of nitrogens with one attached hydrogen (secondary N) is 1. The number of ether oxygens (including phenoxy) is 2. The van der Waals surface area contributed by atoms with E-state index in [0.717, 1.165) is 22.0 Å². The number of halogens is 2. The van der Waals surface area contributed by atoms with Crippen molar-refractivity contribution in [3.05, 3.63) is 75.6 Å². The maximum atomic E-state index is 13.4. The summed E-state index contributed by atoms with van der Waals surface area (Å²) in [7, 11) is 3.54. The number of benzene rings is 2. The summed E-state index contributed by atoms with van der Waals surface area (Å²) in [6, 6.07) is 13.8. The zero-order chi connectivity index (χ0) is 23.2. The molecule has 2 fully saturated rings. The van der Waals surface area contributed by atoms with Gasteiger partial charge in [-0.15, -0.1) is 0 Å². The van der Waals surface area contributed by atoms with E-state index in [1.165, 1.54) is 18.4 Å². The molecule has 1 unspecified atom stereocenters. The molecular weight excluding hydrogens is 459 g/mol. The van der Waals surface area contributed by atoms with E-state index in [9.17, 15) is 4.79 Å². The van der Waals surface area contributed by atoms with E-state index in [4.69, 9.17) is 32.7 Å². The van der Waals surface area contributed by atoms with E-state index >= 15 is 0 Å². The fourth-order valence-corrected chi connectivity index (χ4v) is 5.09. The molecule has 3 aromatic rings. The van der Waals surface area contributed by atoms with Crippen LogP contribution in [0, 0.1) is 5.92 Å². The van der Waals surface area contributed by atoms with Crippen LogP contribution in [0.25, 0.3) is 16.5 Å². The van der Waals surface area contributed by atoms with Crippen LogP contribution in [0.2, 0.25) is 10.0 Å². The van der Waals surface area contributed by atoms with Gasteiger partial charge >= 0.3 is 0 Å². The first-order valence-electron chi connectivity index (χ1n) is 11.1. The number of aromatic nitrogens is 1. The first-order chi connectivity index (χ1) is 15.9. The number of hydrogen-bond donors (Lipinski definition) is 1. The number of aryl methyl sites for hydroxylation is 1. The predicted octanol–water partition coefficient (Wildman–Crippen LogP) is 5.93. The van der Waals surface area contributed by atoms with Crippen LogP contribution in [-0.4, -0.2) is 30.8 Å². The van der Waals surface area contributed by atoms with Crippen molar-refractivity contribution in [3.8, 4) is 0 Å². The number of nitrogens with zero attached hydrogens (tertiary/aromatic N) is 1. The summed E-state index contributed by atoms with van der Waals surface area (Å²) in [6.45, 7) is 1.02. The molecule has 1 saturated heterocycles. The Morgan fingerprint density at radius 2 is 1.97 bits per heavy atom. The summed E-state index contributed by atoms with van der Waals surface area (Å²) in [5.74, 6) is 0.402. The van der Waals surface area contributed by atoms with Crippen LogP contribution in [0.3, 0.4) is 0 Å². The van der Waals surface area contributed by atoms with Gasteiger partial charge in [-0.2, -0.15) is 0 Å². The summed E-state index contributed by atoms with van der Waals surface area (Å²) >= 11 is 12.6. The van der Waals surface area contributed by atoms with Crippen molar-refractivity contribution in [2.24, 2.45) is 13.0 Å². The third-order valence-electron chi connectivity index (χ3n) is 6.75. The first-order valence-corrected chi connectivity index (χ1v) is 11.9. The van der Waals surface area contributed by atoms with Crippen molar-refractivity contribution in [2.75, 3.05) is 20.3 Å². The van der Waals surface area contributed by atoms with Gasteiger partial charge in [-0.1, -0.05) is 47.5 Å². The number of methoxy groups -OCH3 is 1. The SMILES string of the molecule is CO/C=C(\c1ccc(C2(NC(=O)c3cc4c(Cl)c(Cl)ccc4n3C)CCOC2)cc1)C1CC1. The molecule has 7 heteroatoms. The highest BCUT2D eigenvalue weighted by Crippen LogP contribution is 2.42. The average molecular weight is 485 g/mol. The van der Waals surface area contributed by atoms with Crippen LogP contribution in [-0.2, 0) is 22.1 Å². The lowest BCUT2D eigenvalue weighted by molar-refractivity contribution is 0.0868. The molecule has 1 saturated carbocycles. The monoisotopic (exact) mass is 484 g/mol. The van der Waals surface area contributed by atoms with Gasteiger partial charge in [0, 0.05) is 31.0 Å². The Kier molecular flexibility index (Phi) is 5.89. The minimum Gasteiger partial charge on any atom is -0.504 e. The minimum atomic E-state index is -0.585. The summed E-state index contributed by atoms with van der Waals surface area (Å²) in [5, 5.41) is 4.95. The van der Waals surface area contributed by atoms with Gasteiger partial charge in [0.15, 0.2) is 0 Å². The highest BCUT2D eigenvalue weighted by molar-refractivity contribution is 6.45. The lowest BCUT2D eigenvalue weighted by atomic mass is 9.87. The first kappa shape index (κ1) is 22.3. The molecule has 0 spiro atoms. The van der Waals surface area contributed by atoms with Crippen molar-refractivity contribution < 1.29 is 14.3 Å². The van der Waals surface area contributed by atoms with Gasteiger partial charge in [0.05, 0.1) is 35.6 Å². The Balaban J connectivity index is 1.45. The van der Waals surface area contributed by atoms with Crippen LogP contribution in [0.1, 0.15) is 40.9 Å². The molecule has 1 aromatic heterocycles. The quantitative estimate of drug-likeness (QED) is 0.441. The second-order valence-electron chi connectivity index (χ2n) is 8.88. The van der Waals surface area contributed by atoms with Crippen LogP contribution >= 0.6 is 23.2 Å². The van der Waals surface area contributed by atoms with Gasteiger partial charge in [-0.25, -0.2) is 0 Å². The van der Waals surface area contributed by atoms with Crippen molar-refractivity contribution in [2.45, 2.75) is 24.8 Å². The molecule has 2 aromatic carbocycles. The third-order valence-corrected chi connectivity index (χ3v) is 7.57. The zero-order valence-corrected chi connectivity index (χ0v) is 20.2. The van der Waals surface area contributed by atoms with Crippen LogP contribution < -0.4 is 5.32 Å². The molecule has 5 rings (SSSR count). The molecule has 2 heterocycles. The lowest BCUT2D eigenvalue weighted by Gasteiger charge is -2.30. The molecule has 1 atom stereocenters. The van der Waals surface area contributed by atoms with Gasteiger partial charge in [-0.3, -0.25) is 4.79 Å². The van der Waals surface area contributed by atoms with Crippen molar-refractivity contribution >= 4 is 45.6 Å². The lowest BCUT2D eigenvalue weighted by Crippen LogP contribution is -2.47. The maximum absolute atomic E-state index is 13.4. The van der Waals surface area contributed by atoms with Crippen LogP contribution in [0.15, 0.2) is 48.7 Å². The van der Waals surface area contributed by atoms with Crippen molar-refractivity contribution in [3.63, 3.8) is 0 Å². The van der Waals surface area contributed by atoms with Gasteiger partial charge in [-0.05, 0) is 53.7 Å². The summed E-state index contributed by atoms with van der Waals surface area (Å²) in [6.07, 6.45) is 4.95. The number of fused-ring (bicyclic) bond motifs is 1. The van der Waals surface area contributed by atoms with Crippen molar-refractivity contribution in [1.82, 2.24) is 9.88 Å². The van der Waals surface area contributed by atoms with Gasteiger partial charge in [0.2, 0.25) is 0 Å². The van der Waals surface area contributed by atoms with Gasteiger partial charge < -0.3 is 19.4 Å². The normalized spacial score (nSPS) is 20.9. The maximum Gasteiger partial charge on any atom is 0.268 e. The summed E-state index contributed by atoms with van der Waals surface area (Å²) in [4.78, 5) is 13.4. The van der Waals surface area contributed by atoms with Gasteiger partial charge in [0.1, 0.15) is 5.69 Å². The minimum absolute atomic E-state index is 0.173. The summed E-state index contributed by atoms with van der Waals surface area (Å²) < 4.78 is 12.9. The number of rotatable bonds is 6. The highest BCUT2D eigenvalue weighted by atomic mass is 35.5. The molecule has 5 nitrogen and oxygen atoms in total. The number of amides is 1. The Morgan fingerprint density at radius 3 is 2.61 bits per heavy atom. The van der Waals surface area contributed by atoms with E-state index in [1.54, 1.807) is 19.2 Å². The molecule has 1 N–H and O–H groups in total.